The summed E-state index contributed by atoms with van der Waals surface area (Å²) >= 11 is 0. The zero-order chi connectivity index (χ0) is 29.3. The lowest BCUT2D eigenvalue weighted by Gasteiger charge is -2.45. The summed E-state index contributed by atoms with van der Waals surface area (Å²) < 4.78 is 5.78. The van der Waals surface area contributed by atoms with Gasteiger partial charge in [-0.25, -0.2) is 0 Å². The van der Waals surface area contributed by atoms with Gasteiger partial charge in [-0.15, -0.1) is 0 Å². The number of nitrogens with one attached hydrogen (secondary N) is 2. The molecule has 4 aromatic carbocycles. The summed E-state index contributed by atoms with van der Waals surface area (Å²) in [6.45, 7) is 5.24. The van der Waals surface area contributed by atoms with Crippen molar-refractivity contribution in [3.8, 4) is 5.75 Å². The Morgan fingerprint density at radius 1 is 0.829 bits per heavy atom. The van der Waals surface area contributed by atoms with Crippen molar-refractivity contribution in [2.24, 2.45) is 11.8 Å². The number of ketones is 1. The first kappa shape index (κ1) is 28.1. The van der Waals surface area contributed by atoms with Gasteiger partial charge in [0, 0.05) is 29.3 Å². The highest BCUT2D eigenvalue weighted by molar-refractivity contribution is 6.11. The van der Waals surface area contributed by atoms with E-state index in [0.29, 0.717) is 22.7 Å². The number of aryl methyl sites for hydroxylation is 2. The van der Waals surface area contributed by atoms with Gasteiger partial charge in [0.1, 0.15) is 17.5 Å². The van der Waals surface area contributed by atoms with Crippen LogP contribution in [-0.2, 0) is 14.4 Å². The Morgan fingerprint density at radius 3 is 2.00 bits per heavy atom. The minimum Gasteiger partial charge on any atom is -0.496 e. The van der Waals surface area contributed by atoms with Gasteiger partial charge in [0.2, 0.25) is 11.8 Å². The van der Waals surface area contributed by atoms with Crippen LogP contribution in [0.1, 0.15) is 36.0 Å². The average Bonchev–Trinajstić information content (AvgIpc) is 2.93. The molecule has 1 aliphatic carbocycles. The second-order valence-electron chi connectivity index (χ2n) is 11.0. The molecule has 0 aliphatic heterocycles. The Morgan fingerprint density at radius 2 is 1.39 bits per heavy atom. The molecule has 1 saturated carbocycles. The van der Waals surface area contributed by atoms with Crippen LogP contribution in [0.15, 0.2) is 84.9 Å². The zero-order valence-electron chi connectivity index (χ0n) is 23.6. The van der Waals surface area contributed by atoms with Crippen molar-refractivity contribution in [1.82, 2.24) is 0 Å². The van der Waals surface area contributed by atoms with Crippen LogP contribution in [0, 0.1) is 25.7 Å². The highest BCUT2D eigenvalue weighted by Gasteiger charge is 2.57. The number of hydrogen-bond acceptors (Lipinski definition) is 5. The van der Waals surface area contributed by atoms with Crippen LogP contribution in [0.2, 0.25) is 0 Å². The number of Topliss-reactive ketones (excluding diaryl/α,β-unsaturated/α-hetero) is 1. The second kappa shape index (κ2) is 11.2. The van der Waals surface area contributed by atoms with E-state index in [-0.39, 0.29) is 6.42 Å². The minimum atomic E-state index is -1.74. The molecule has 7 heteroatoms. The predicted molar refractivity (Wildman–Crippen MR) is 160 cm³/mol. The van der Waals surface area contributed by atoms with E-state index in [4.69, 9.17) is 4.74 Å². The largest absolute Gasteiger partial charge is 0.496 e. The van der Waals surface area contributed by atoms with Gasteiger partial charge in [0.15, 0.2) is 0 Å². The topological polar surface area (TPSA) is 105 Å². The smallest absolute Gasteiger partial charge is 0.235 e. The molecular formula is C34H34N2O5. The second-order valence-corrected chi connectivity index (χ2v) is 11.0. The van der Waals surface area contributed by atoms with Gasteiger partial charge >= 0.3 is 0 Å². The first-order valence-electron chi connectivity index (χ1n) is 13.7. The van der Waals surface area contributed by atoms with Crippen molar-refractivity contribution >= 4 is 39.7 Å². The van der Waals surface area contributed by atoms with Gasteiger partial charge in [-0.3, -0.25) is 14.4 Å². The van der Waals surface area contributed by atoms with Crippen LogP contribution in [0.5, 0.6) is 5.75 Å². The molecule has 4 unspecified atom stereocenters. The summed E-state index contributed by atoms with van der Waals surface area (Å²) in [4.78, 5) is 42.1. The Hall–Kier alpha value is -4.49. The predicted octanol–water partition coefficient (Wildman–Crippen LogP) is 5.78. The highest BCUT2D eigenvalue weighted by atomic mass is 16.5. The monoisotopic (exact) mass is 550 g/mol. The fourth-order valence-corrected chi connectivity index (χ4v) is 6.09. The number of carbonyl (C=O) groups is 3. The van der Waals surface area contributed by atoms with E-state index in [1.54, 1.807) is 24.3 Å². The van der Waals surface area contributed by atoms with Crippen LogP contribution < -0.4 is 15.4 Å². The molecule has 0 bridgehead atoms. The van der Waals surface area contributed by atoms with Crippen LogP contribution in [0.25, 0.3) is 10.8 Å². The summed E-state index contributed by atoms with van der Waals surface area (Å²) in [5.74, 6) is -4.48. The van der Waals surface area contributed by atoms with E-state index in [2.05, 4.69) is 10.6 Å². The van der Waals surface area contributed by atoms with Crippen LogP contribution in [0.3, 0.4) is 0 Å². The van der Waals surface area contributed by atoms with Crippen LogP contribution >= 0.6 is 0 Å². The lowest BCUT2D eigenvalue weighted by molar-refractivity contribution is -0.150. The van der Waals surface area contributed by atoms with E-state index in [1.807, 2.05) is 74.5 Å². The normalized spacial score (nSPS) is 22.3. The number of anilines is 2. The molecule has 0 heterocycles. The number of methoxy groups -OCH3 is 1. The molecule has 210 valence electrons. The van der Waals surface area contributed by atoms with E-state index in [1.165, 1.54) is 14.0 Å². The molecule has 3 N–H and O–H groups in total. The maximum absolute atomic E-state index is 14.2. The Labute approximate surface area is 239 Å². The first-order valence-corrected chi connectivity index (χ1v) is 13.7. The Balaban J connectivity index is 1.71. The molecule has 0 aromatic heterocycles. The molecule has 4 aromatic rings. The third-order valence-corrected chi connectivity index (χ3v) is 8.12. The number of ether oxygens (including phenoxy) is 1. The van der Waals surface area contributed by atoms with Gasteiger partial charge < -0.3 is 20.5 Å². The fraction of sp³-hybridized carbons (Fsp3) is 0.265. The molecule has 2 amide bonds. The highest BCUT2D eigenvalue weighted by Crippen LogP contribution is 2.51. The summed E-state index contributed by atoms with van der Waals surface area (Å²) in [6.07, 6.45) is -0.353. The van der Waals surface area contributed by atoms with Gasteiger partial charge in [0.25, 0.3) is 0 Å². The third-order valence-electron chi connectivity index (χ3n) is 8.12. The number of para-hydroxylation sites is 2. The summed E-state index contributed by atoms with van der Waals surface area (Å²) in [5, 5.41) is 19.3. The fourth-order valence-electron chi connectivity index (χ4n) is 6.09. The summed E-state index contributed by atoms with van der Waals surface area (Å²) in [6, 6.07) is 25.9. The molecule has 0 radical (unpaired) electrons. The summed E-state index contributed by atoms with van der Waals surface area (Å²) in [7, 11) is 1.52. The maximum Gasteiger partial charge on any atom is 0.235 e. The van der Waals surface area contributed by atoms with Gasteiger partial charge in [-0.1, -0.05) is 66.7 Å². The van der Waals surface area contributed by atoms with Gasteiger partial charge in [-0.2, -0.15) is 0 Å². The lowest BCUT2D eigenvalue weighted by atomic mass is 9.60. The van der Waals surface area contributed by atoms with E-state index in [9.17, 15) is 19.5 Å². The van der Waals surface area contributed by atoms with E-state index < -0.39 is 41.0 Å². The molecule has 1 fully saturated rings. The van der Waals surface area contributed by atoms with E-state index in [0.717, 1.165) is 21.9 Å². The quantitative estimate of drug-likeness (QED) is 0.264. The number of fused-ring (bicyclic) bond motifs is 1. The minimum absolute atomic E-state index is 0.353. The standard InChI is InChI=1S/C34H34N2O5/c1-20-11-5-9-15-24(20)35-32(38)29-26(37)19-34(3,40)31(33(39)36-25-16-10-6-12-21(25)2)30(29)28-23-14-8-7-13-22(23)17-18-27(28)41-4/h5-18,29-31,40H,19H2,1-4H3,(H,35,38)(H,36,39). The van der Waals surface area contributed by atoms with Gasteiger partial charge in [-0.05, 0) is 60.9 Å². The van der Waals surface area contributed by atoms with E-state index >= 15 is 0 Å². The number of aliphatic hydroxyl groups is 1. The molecule has 0 spiro atoms. The molecule has 7 nitrogen and oxygen atoms in total. The summed E-state index contributed by atoms with van der Waals surface area (Å²) in [5.41, 5.74) is 1.65. The van der Waals surface area contributed by atoms with Crippen molar-refractivity contribution in [1.29, 1.82) is 0 Å². The first-order chi connectivity index (χ1) is 19.6. The van der Waals surface area contributed by atoms with Gasteiger partial charge in [0.05, 0.1) is 18.6 Å². The number of hydrogen-bond donors (Lipinski definition) is 3. The lowest BCUT2D eigenvalue weighted by Crippen LogP contribution is -2.56. The molecular weight excluding hydrogens is 516 g/mol. The molecule has 41 heavy (non-hydrogen) atoms. The molecule has 4 atom stereocenters. The number of rotatable bonds is 6. The molecule has 5 rings (SSSR count). The zero-order valence-corrected chi connectivity index (χ0v) is 23.6. The third kappa shape index (κ3) is 5.33. The number of carbonyl (C=O) groups excluding carboxylic acids is 3. The van der Waals surface area contributed by atoms with Crippen molar-refractivity contribution < 1.29 is 24.2 Å². The van der Waals surface area contributed by atoms with Crippen LogP contribution in [0.4, 0.5) is 11.4 Å². The number of benzene rings is 4. The average molecular weight is 551 g/mol. The Kier molecular flexibility index (Phi) is 7.65. The van der Waals surface area contributed by atoms with Crippen molar-refractivity contribution in [2.45, 2.75) is 38.7 Å². The maximum atomic E-state index is 14.2. The Bertz CT molecular complexity index is 1640. The van der Waals surface area contributed by atoms with Crippen molar-refractivity contribution in [3.63, 3.8) is 0 Å². The molecule has 1 aliphatic rings. The number of amides is 2. The van der Waals surface area contributed by atoms with Crippen LogP contribution in [-0.4, -0.2) is 35.4 Å². The van der Waals surface area contributed by atoms with Crippen molar-refractivity contribution in [3.05, 3.63) is 102 Å². The molecule has 0 saturated heterocycles. The van der Waals surface area contributed by atoms with Crippen molar-refractivity contribution in [2.75, 3.05) is 17.7 Å². The SMILES string of the molecule is COc1ccc2ccccc2c1C1C(C(=O)Nc2ccccc2C)C(=O)CC(C)(O)C1C(=O)Nc1ccccc1C.